The lowest BCUT2D eigenvalue weighted by Gasteiger charge is -2.33. The fourth-order valence-electron chi connectivity index (χ4n) is 2.53. The lowest BCUT2D eigenvalue weighted by Crippen LogP contribution is -2.30. The van der Waals surface area contributed by atoms with Crippen LogP contribution in [-0.2, 0) is 0 Å². The molecule has 1 aliphatic carbocycles. The highest BCUT2D eigenvalue weighted by molar-refractivity contribution is 5.54. The predicted molar refractivity (Wildman–Crippen MR) is 74.3 cm³/mol. The molecule has 1 aliphatic rings. The van der Waals surface area contributed by atoms with Crippen molar-refractivity contribution in [3.63, 3.8) is 0 Å². The number of anilines is 1. The molecule has 2 rings (SSSR count). The molecule has 1 fully saturated rings. The number of nitrogens with two attached hydrogens (primary N) is 1. The summed E-state index contributed by atoms with van der Waals surface area (Å²) in [5.41, 5.74) is 8.79. The van der Waals surface area contributed by atoms with Crippen LogP contribution in [0, 0.1) is 5.92 Å². The maximum atomic E-state index is 6.18. The summed E-state index contributed by atoms with van der Waals surface area (Å²) in [5.74, 6) is 0.894. The van der Waals surface area contributed by atoms with Crippen LogP contribution in [0.4, 0.5) is 5.69 Å². The summed E-state index contributed by atoms with van der Waals surface area (Å²) < 4.78 is 0. The van der Waals surface area contributed by atoms with Crippen LogP contribution in [0.2, 0.25) is 0 Å². The van der Waals surface area contributed by atoms with Crippen molar-refractivity contribution in [1.82, 2.24) is 0 Å². The SMILES string of the molecule is CCC(N)c1ccccc1N(C)CC1CCC1. The number of rotatable bonds is 5. The van der Waals surface area contributed by atoms with E-state index in [0.717, 1.165) is 12.3 Å². The van der Waals surface area contributed by atoms with Crippen molar-refractivity contribution in [2.75, 3.05) is 18.5 Å². The van der Waals surface area contributed by atoms with Gasteiger partial charge in [-0.05, 0) is 36.8 Å². The minimum Gasteiger partial charge on any atom is -0.374 e. The van der Waals surface area contributed by atoms with Gasteiger partial charge in [0, 0.05) is 25.3 Å². The molecule has 94 valence electrons. The zero-order chi connectivity index (χ0) is 12.3. The van der Waals surface area contributed by atoms with Crippen LogP contribution >= 0.6 is 0 Å². The molecule has 1 aromatic rings. The lowest BCUT2D eigenvalue weighted by molar-refractivity contribution is 0.321. The van der Waals surface area contributed by atoms with Crippen molar-refractivity contribution in [2.45, 2.75) is 38.6 Å². The van der Waals surface area contributed by atoms with Gasteiger partial charge in [0.1, 0.15) is 0 Å². The van der Waals surface area contributed by atoms with Gasteiger partial charge in [0.2, 0.25) is 0 Å². The molecule has 17 heavy (non-hydrogen) atoms. The number of benzene rings is 1. The van der Waals surface area contributed by atoms with Crippen molar-refractivity contribution in [1.29, 1.82) is 0 Å². The summed E-state index contributed by atoms with van der Waals surface area (Å²) in [6, 6.07) is 8.73. The first kappa shape index (κ1) is 12.4. The molecule has 2 N–H and O–H groups in total. The Labute approximate surface area is 105 Å². The van der Waals surface area contributed by atoms with E-state index in [1.807, 2.05) is 0 Å². The normalized spacial score (nSPS) is 17.6. The summed E-state index contributed by atoms with van der Waals surface area (Å²) in [4.78, 5) is 2.38. The standard InChI is InChI=1S/C15H24N2/c1-3-14(16)13-9-4-5-10-15(13)17(2)11-12-7-6-8-12/h4-5,9-10,12,14H,3,6-8,11,16H2,1-2H3. The largest absolute Gasteiger partial charge is 0.374 e. The second-order valence-corrected chi connectivity index (χ2v) is 5.25. The Kier molecular flexibility index (Phi) is 4.06. The van der Waals surface area contributed by atoms with Gasteiger partial charge in [0.05, 0.1) is 0 Å². The molecule has 1 unspecified atom stereocenters. The van der Waals surface area contributed by atoms with Crippen LogP contribution in [0.5, 0.6) is 0 Å². The molecule has 0 amide bonds. The van der Waals surface area contributed by atoms with Crippen LogP contribution in [0.1, 0.15) is 44.2 Å². The van der Waals surface area contributed by atoms with E-state index in [2.05, 4.69) is 43.1 Å². The summed E-state index contributed by atoms with van der Waals surface area (Å²) >= 11 is 0. The molecule has 2 heteroatoms. The summed E-state index contributed by atoms with van der Waals surface area (Å²) in [6.07, 6.45) is 5.20. The third-order valence-electron chi connectivity index (χ3n) is 3.94. The summed E-state index contributed by atoms with van der Waals surface area (Å²) in [6.45, 7) is 3.32. The average molecular weight is 232 g/mol. The minimum atomic E-state index is 0.162. The summed E-state index contributed by atoms with van der Waals surface area (Å²) in [5, 5.41) is 0. The molecule has 0 radical (unpaired) electrons. The monoisotopic (exact) mass is 232 g/mol. The van der Waals surface area contributed by atoms with Crippen molar-refractivity contribution in [3.8, 4) is 0 Å². The Morgan fingerprint density at radius 3 is 2.65 bits per heavy atom. The third-order valence-corrected chi connectivity index (χ3v) is 3.94. The Morgan fingerprint density at radius 1 is 1.35 bits per heavy atom. The Morgan fingerprint density at radius 2 is 2.06 bits per heavy atom. The van der Waals surface area contributed by atoms with E-state index in [4.69, 9.17) is 5.73 Å². The minimum absolute atomic E-state index is 0.162. The molecule has 1 saturated carbocycles. The second-order valence-electron chi connectivity index (χ2n) is 5.25. The van der Waals surface area contributed by atoms with Crippen LogP contribution in [0.15, 0.2) is 24.3 Å². The van der Waals surface area contributed by atoms with Crippen LogP contribution in [0.3, 0.4) is 0 Å². The third kappa shape index (κ3) is 2.81. The Balaban J connectivity index is 2.12. The van der Waals surface area contributed by atoms with Gasteiger partial charge in [-0.15, -0.1) is 0 Å². The molecule has 0 spiro atoms. The summed E-state index contributed by atoms with van der Waals surface area (Å²) in [7, 11) is 2.19. The van der Waals surface area contributed by atoms with Gasteiger partial charge in [-0.3, -0.25) is 0 Å². The molecule has 1 aromatic carbocycles. The molecular formula is C15H24N2. The van der Waals surface area contributed by atoms with Crippen LogP contribution in [0.25, 0.3) is 0 Å². The van der Waals surface area contributed by atoms with Crippen LogP contribution in [-0.4, -0.2) is 13.6 Å². The first-order valence-electron chi connectivity index (χ1n) is 6.78. The highest BCUT2D eigenvalue weighted by Gasteiger charge is 2.20. The highest BCUT2D eigenvalue weighted by Crippen LogP contribution is 2.31. The first-order valence-corrected chi connectivity index (χ1v) is 6.78. The first-order chi connectivity index (χ1) is 8.22. The zero-order valence-corrected chi connectivity index (χ0v) is 11.0. The number of nitrogens with zero attached hydrogens (tertiary/aromatic N) is 1. The maximum absolute atomic E-state index is 6.18. The van der Waals surface area contributed by atoms with Gasteiger partial charge in [0.15, 0.2) is 0 Å². The van der Waals surface area contributed by atoms with E-state index in [1.165, 1.54) is 37.1 Å². The van der Waals surface area contributed by atoms with E-state index in [0.29, 0.717) is 0 Å². The number of para-hydroxylation sites is 1. The molecule has 1 atom stereocenters. The Bertz CT molecular complexity index is 358. The molecule has 0 aromatic heterocycles. The van der Waals surface area contributed by atoms with E-state index in [9.17, 15) is 0 Å². The van der Waals surface area contributed by atoms with E-state index in [-0.39, 0.29) is 6.04 Å². The fraction of sp³-hybridized carbons (Fsp3) is 0.600. The molecule has 0 heterocycles. The fourth-order valence-corrected chi connectivity index (χ4v) is 2.53. The van der Waals surface area contributed by atoms with Crippen molar-refractivity contribution in [2.24, 2.45) is 11.7 Å². The zero-order valence-electron chi connectivity index (χ0n) is 11.0. The number of hydrogen-bond acceptors (Lipinski definition) is 2. The van der Waals surface area contributed by atoms with Crippen LogP contribution < -0.4 is 10.6 Å². The van der Waals surface area contributed by atoms with Gasteiger partial charge in [-0.2, -0.15) is 0 Å². The van der Waals surface area contributed by atoms with Gasteiger partial charge in [-0.1, -0.05) is 31.5 Å². The predicted octanol–water partition coefficient (Wildman–Crippen LogP) is 3.33. The highest BCUT2D eigenvalue weighted by atomic mass is 15.1. The van der Waals surface area contributed by atoms with Gasteiger partial charge >= 0.3 is 0 Å². The van der Waals surface area contributed by atoms with Crippen molar-refractivity contribution in [3.05, 3.63) is 29.8 Å². The molecule has 0 aliphatic heterocycles. The Hall–Kier alpha value is -1.02. The van der Waals surface area contributed by atoms with Crippen molar-refractivity contribution >= 4 is 5.69 Å². The second kappa shape index (κ2) is 5.54. The van der Waals surface area contributed by atoms with E-state index < -0.39 is 0 Å². The molecule has 0 saturated heterocycles. The van der Waals surface area contributed by atoms with Gasteiger partial charge < -0.3 is 10.6 Å². The lowest BCUT2D eigenvalue weighted by atomic mass is 9.85. The topological polar surface area (TPSA) is 29.3 Å². The maximum Gasteiger partial charge on any atom is 0.0412 e. The molecule has 2 nitrogen and oxygen atoms in total. The molecule has 0 bridgehead atoms. The van der Waals surface area contributed by atoms with E-state index >= 15 is 0 Å². The van der Waals surface area contributed by atoms with Crippen molar-refractivity contribution < 1.29 is 0 Å². The van der Waals surface area contributed by atoms with Gasteiger partial charge in [0.25, 0.3) is 0 Å². The van der Waals surface area contributed by atoms with Gasteiger partial charge in [-0.25, -0.2) is 0 Å². The average Bonchev–Trinajstić information content (AvgIpc) is 2.32. The number of hydrogen-bond donors (Lipinski definition) is 1. The quantitative estimate of drug-likeness (QED) is 0.843. The van der Waals surface area contributed by atoms with E-state index in [1.54, 1.807) is 0 Å². The smallest absolute Gasteiger partial charge is 0.0412 e. The molecular weight excluding hydrogens is 208 g/mol.